The summed E-state index contributed by atoms with van der Waals surface area (Å²) in [5.41, 5.74) is 0.471. The first kappa shape index (κ1) is 22.9. The maximum Gasteiger partial charge on any atom is 0.312 e. The van der Waals surface area contributed by atoms with Crippen molar-refractivity contribution in [1.82, 2.24) is 0 Å². The van der Waals surface area contributed by atoms with E-state index in [0.717, 1.165) is 6.42 Å². The van der Waals surface area contributed by atoms with Gasteiger partial charge >= 0.3 is 5.97 Å². The number of hydrogen-bond donors (Lipinski definition) is 0. The van der Waals surface area contributed by atoms with Crippen LogP contribution in [0.2, 0.25) is 0 Å². The largest absolute Gasteiger partial charge is 0.462 e. The van der Waals surface area contributed by atoms with E-state index in [1.165, 1.54) is 5.56 Å². The molecular weight excluding hydrogens is 352 g/mol. The molecule has 158 valence electrons. The normalized spacial score (nSPS) is 21.0. The van der Waals surface area contributed by atoms with Crippen molar-refractivity contribution in [3.63, 3.8) is 0 Å². The zero-order valence-corrected chi connectivity index (χ0v) is 18.9. The van der Waals surface area contributed by atoms with Crippen molar-refractivity contribution in [2.24, 2.45) is 16.7 Å². The number of rotatable bonds is 8. The van der Waals surface area contributed by atoms with Crippen LogP contribution < -0.4 is 0 Å². The van der Waals surface area contributed by atoms with E-state index >= 15 is 0 Å². The van der Waals surface area contributed by atoms with Gasteiger partial charge in [-0.15, -0.1) is 0 Å². The van der Waals surface area contributed by atoms with Gasteiger partial charge in [0.2, 0.25) is 0 Å². The highest BCUT2D eigenvalue weighted by atomic mass is 16.7. The van der Waals surface area contributed by atoms with Crippen LogP contribution in [0.4, 0.5) is 0 Å². The Morgan fingerprint density at radius 1 is 1.18 bits per heavy atom. The number of carbonyl (C=O) groups excluding carboxylic acids is 1. The van der Waals surface area contributed by atoms with E-state index in [2.05, 4.69) is 52.0 Å². The number of benzene rings is 1. The Morgan fingerprint density at radius 3 is 2.29 bits per heavy atom. The van der Waals surface area contributed by atoms with Crippen molar-refractivity contribution < 1.29 is 19.0 Å². The summed E-state index contributed by atoms with van der Waals surface area (Å²) in [5, 5.41) is 0. The van der Waals surface area contributed by atoms with Crippen LogP contribution in [0.25, 0.3) is 0 Å². The third kappa shape index (κ3) is 5.36. The van der Waals surface area contributed by atoms with Crippen LogP contribution in [0, 0.1) is 16.7 Å². The van der Waals surface area contributed by atoms with Crippen molar-refractivity contribution in [1.29, 1.82) is 0 Å². The summed E-state index contributed by atoms with van der Waals surface area (Å²) < 4.78 is 17.0. The first-order valence-electron chi connectivity index (χ1n) is 10.4. The highest BCUT2D eigenvalue weighted by Crippen LogP contribution is 2.48. The van der Waals surface area contributed by atoms with Crippen LogP contribution in [-0.4, -0.2) is 31.1 Å². The molecule has 0 N–H and O–H groups in total. The van der Waals surface area contributed by atoms with Crippen molar-refractivity contribution in [3.8, 4) is 0 Å². The quantitative estimate of drug-likeness (QED) is 0.545. The van der Waals surface area contributed by atoms with Gasteiger partial charge in [-0.05, 0) is 56.9 Å². The Labute approximate surface area is 170 Å². The minimum atomic E-state index is -0.621. The standard InChI is InChI=1S/C24H38O4/c1-17(2)20(18-12-10-9-11-13-18)14-22(3,4)23(5,6)21(25)26-15-19-16-27-24(7,8)28-19/h9-13,17,19-20H,14-16H2,1-8H3. The van der Waals surface area contributed by atoms with Gasteiger partial charge in [0, 0.05) is 0 Å². The summed E-state index contributed by atoms with van der Waals surface area (Å²) in [6.45, 7) is 17.3. The Hall–Kier alpha value is -1.39. The summed E-state index contributed by atoms with van der Waals surface area (Å²) in [5.74, 6) is 0.0863. The Morgan fingerprint density at radius 2 is 1.79 bits per heavy atom. The highest BCUT2D eigenvalue weighted by Gasteiger charge is 2.46. The van der Waals surface area contributed by atoms with Gasteiger partial charge in [0.15, 0.2) is 5.79 Å². The predicted octanol–water partition coefficient (Wildman–Crippen LogP) is 5.56. The van der Waals surface area contributed by atoms with Crippen LogP contribution in [-0.2, 0) is 19.0 Å². The lowest BCUT2D eigenvalue weighted by Gasteiger charge is -2.42. The van der Waals surface area contributed by atoms with E-state index in [9.17, 15) is 4.79 Å². The molecule has 2 atom stereocenters. The lowest BCUT2D eigenvalue weighted by molar-refractivity contribution is -0.171. The van der Waals surface area contributed by atoms with Gasteiger partial charge in [-0.2, -0.15) is 0 Å². The molecule has 1 heterocycles. The van der Waals surface area contributed by atoms with Gasteiger partial charge in [-0.25, -0.2) is 0 Å². The lowest BCUT2D eigenvalue weighted by atomic mass is 9.62. The van der Waals surface area contributed by atoms with E-state index < -0.39 is 11.2 Å². The molecule has 0 aliphatic carbocycles. The third-order valence-electron chi connectivity index (χ3n) is 6.43. The van der Waals surface area contributed by atoms with Gasteiger partial charge in [0.25, 0.3) is 0 Å². The summed E-state index contributed by atoms with van der Waals surface area (Å²) in [6.07, 6.45) is 0.706. The maximum atomic E-state index is 13.0. The van der Waals surface area contributed by atoms with Crippen LogP contribution in [0.3, 0.4) is 0 Å². The third-order valence-corrected chi connectivity index (χ3v) is 6.43. The van der Waals surface area contributed by atoms with Crippen molar-refractivity contribution in [2.45, 2.75) is 79.6 Å². The molecule has 28 heavy (non-hydrogen) atoms. The predicted molar refractivity (Wildman–Crippen MR) is 112 cm³/mol. The first-order chi connectivity index (χ1) is 12.9. The number of ether oxygens (including phenoxy) is 3. The summed E-state index contributed by atoms with van der Waals surface area (Å²) in [7, 11) is 0. The molecular formula is C24H38O4. The molecule has 1 aliphatic heterocycles. The summed E-state index contributed by atoms with van der Waals surface area (Å²) in [4.78, 5) is 13.0. The zero-order valence-electron chi connectivity index (χ0n) is 18.9. The molecule has 1 aromatic carbocycles. The first-order valence-corrected chi connectivity index (χ1v) is 10.4. The fourth-order valence-electron chi connectivity index (χ4n) is 3.71. The molecule has 1 saturated heterocycles. The molecule has 0 bridgehead atoms. The van der Waals surface area contributed by atoms with E-state index in [1.807, 2.05) is 33.8 Å². The van der Waals surface area contributed by atoms with Crippen molar-refractivity contribution in [2.75, 3.05) is 13.2 Å². The van der Waals surface area contributed by atoms with Crippen LogP contribution in [0.1, 0.15) is 73.3 Å². The molecule has 0 spiro atoms. The van der Waals surface area contributed by atoms with E-state index in [-0.39, 0.29) is 24.1 Å². The monoisotopic (exact) mass is 390 g/mol. The van der Waals surface area contributed by atoms with E-state index in [1.54, 1.807) is 0 Å². The molecule has 2 unspecified atom stereocenters. The fraction of sp³-hybridized carbons (Fsp3) is 0.708. The maximum absolute atomic E-state index is 13.0. The van der Waals surface area contributed by atoms with Crippen LogP contribution >= 0.6 is 0 Å². The van der Waals surface area contributed by atoms with Gasteiger partial charge in [0.05, 0.1) is 12.0 Å². The van der Waals surface area contributed by atoms with Gasteiger partial charge < -0.3 is 14.2 Å². The summed E-state index contributed by atoms with van der Waals surface area (Å²) in [6, 6.07) is 10.6. The smallest absolute Gasteiger partial charge is 0.312 e. The SMILES string of the molecule is CC(C)C(CC(C)(C)C(C)(C)C(=O)OCC1COC(C)(C)O1)c1ccccc1. The Balaban J connectivity index is 2.05. The second kappa shape index (κ2) is 8.54. The van der Waals surface area contributed by atoms with Crippen molar-refractivity contribution >= 4 is 5.97 Å². The molecule has 0 aromatic heterocycles. The molecule has 1 aliphatic rings. The Kier molecular flexibility index (Phi) is 6.99. The average molecular weight is 391 g/mol. The number of hydrogen-bond acceptors (Lipinski definition) is 4. The molecule has 2 rings (SSSR count). The lowest BCUT2D eigenvalue weighted by Crippen LogP contribution is -2.43. The second-order valence-corrected chi connectivity index (χ2v) is 10.0. The second-order valence-electron chi connectivity index (χ2n) is 10.0. The topological polar surface area (TPSA) is 44.8 Å². The van der Waals surface area contributed by atoms with Crippen molar-refractivity contribution in [3.05, 3.63) is 35.9 Å². The molecule has 4 heteroatoms. The van der Waals surface area contributed by atoms with E-state index in [4.69, 9.17) is 14.2 Å². The van der Waals surface area contributed by atoms with Crippen LogP contribution in [0.15, 0.2) is 30.3 Å². The molecule has 0 saturated carbocycles. The molecule has 1 fully saturated rings. The highest BCUT2D eigenvalue weighted by molar-refractivity contribution is 5.77. The van der Waals surface area contributed by atoms with Crippen LogP contribution in [0.5, 0.6) is 0 Å². The average Bonchev–Trinajstić information content (AvgIpc) is 2.96. The minimum absolute atomic E-state index is 0.179. The Bertz CT molecular complexity index is 646. The van der Waals surface area contributed by atoms with Gasteiger partial charge in [0.1, 0.15) is 12.7 Å². The molecule has 4 nitrogen and oxygen atoms in total. The number of carbonyl (C=O) groups is 1. The minimum Gasteiger partial charge on any atom is -0.462 e. The molecule has 0 radical (unpaired) electrons. The number of esters is 1. The van der Waals surface area contributed by atoms with Gasteiger partial charge in [-0.3, -0.25) is 4.79 Å². The molecule has 1 aromatic rings. The zero-order chi connectivity index (χ0) is 21.2. The fourth-order valence-corrected chi connectivity index (χ4v) is 3.71. The molecule has 0 amide bonds. The summed E-state index contributed by atoms with van der Waals surface area (Å²) >= 11 is 0. The van der Waals surface area contributed by atoms with Gasteiger partial charge in [-0.1, -0.05) is 58.0 Å². The van der Waals surface area contributed by atoms with E-state index in [0.29, 0.717) is 18.4 Å².